The van der Waals surface area contributed by atoms with E-state index in [2.05, 4.69) is 10.1 Å². The quantitative estimate of drug-likeness (QED) is 0.719. The van der Waals surface area contributed by atoms with Crippen LogP contribution in [0.25, 0.3) is 0 Å². The van der Waals surface area contributed by atoms with Gasteiger partial charge in [-0.3, -0.25) is 14.5 Å². The minimum Gasteiger partial charge on any atom is -0.360 e. The zero-order valence-electron chi connectivity index (χ0n) is 14.0. The van der Waals surface area contributed by atoms with Crippen LogP contribution >= 0.6 is 22.9 Å². The molecule has 0 atom stereocenters. The van der Waals surface area contributed by atoms with Crippen molar-refractivity contribution in [3.8, 4) is 0 Å². The molecule has 1 saturated heterocycles. The lowest BCUT2D eigenvalue weighted by Gasteiger charge is -2.34. The number of halogens is 1. The molecule has 0 aromatic carbocycles. The van der Waals surface area contributed by atoms with E-state index >= 15 is 0 Å². The van der Waals surface area contributed by atoms with Gasteiger partial charge in [0.05, 0.1) is 21.5 Å². The number of hydrogen-bond acceptors (Lipinski definition) is 6. The van der Waals surface area contributed by atoms with Gasteiger partial charge in [-0.2, -0.15) is 0 Å². The molecule has 2 aromatic heterocycles. The molecule has 0 N–H and O–H groups in total. The molecule has 0 radical (unpaired) electrons. The second-order valence-electron chi connectivity index (χ2n) is 6.12. The molecule has 0 saturated carbocycles. The van der Waals surface area contributed by atoms with Gasteiger partial charge in [-0.25, -0.2) is 0 Å². The lowest BCUT2D eigenvalue weighted by atomic mass is 10.1. The molecule has 2 aromatic rings. The van der Waals surface area contributed by atoms with Crippen molar-refractivity contribution >= 4 is 34.6 Å². The van der Waals surface area contributed by atoms with Gasteiger partial charge >= 0.3 is 0 Å². The summed E-state index contributed by atoms with van der Waals surface area (Å²) in [4.78, 5) is 29.1. The summed E-state index contributed by atoms with van der Waals surface area (Å²) in [5.41, 5.74) is 0.875. The van der Waals surface area contributed by atoms with Crippen LogP contribution in [-0.4, -0.2) is 52.8 Å². The van der Waals surface area contributed by atoms with Crippen molar-refractivity contribution in [1.82, 2.24) is 15.0 Å². The third kappa shape index (κ3) is 4.90. The fourth-order valence-corrected chi connectivity index (χ4v) is 3.84. The van der Waals surface area contributed by atoms with Crippen molar-refractivity contribution in [2.75, 3.05) is 26.2 Å². The zero-order chi connectivity index (χ0) is 17.8. The summed E-state index contributed by atoms with van der Waals surface area (Å²) in [7, 11) is 0. The van der Waals surface area contributed by atoms with Crippen molar-refractivity contribution in [2.45, 2.75) is 26.3 Å². The van der Waals surface area contributed by atoms with Gasteiger partial charge in [-0.1, -0.05) is 16.8 Å². The number of aromatic nitrogens is 1. The predicted octanol–water partition coefficient (Wildman–Crippen LogP) is 3.01. The van der Waals surface area contributed by atoms with Crippen LogP contribution in [-0.2, 0) is 11.3 Å². The molecule has 1 aliphatic heterocycles. The molecule has 3 heterocycles. The van der Waals surface area contributed by atoms with E-state index in [1.165, 1.54) is 11.3 Å². The lowest BCUT2D eigenvalue weighted by molar-refractivity contribution is -0.133. The topological polar surface area (TPSA) is 66.7 Å². The Morgan fingerprint density at radius 2 is 2.00 bits per heavy atom. The van der Waals surface area contributed by atoms with Crippen molar-refractivity contribution in [3.05, 3.63) is 38.9 Å². The summed E-state index contributed by atoms with van der Waals surface area (Å²) in [6, 6.07) is 5.35. The van der Waals surface area contributed by atoms with Crippen LogP contribution in [0.2, 0.25) is 4.34 Å². The fraction of sp³-hybridized carbons (Fsp3) is 0.471. The third-order valence-corrected chi connectivity index (χ3v) is 5.47. The molecular formula is C17H20ClN3O3S. The van der Waals surface area contributed by atoms with Crippen molar-refractivity contribution < 1.29 is 14.1 Å². The summed E-state index contributed by atoms with van der Waals surface area (Å²) >= 11 is 7.09. The van der Waals surface area contributed by atoms with Crippen LogP contribution in [0.15, 0.2) is 22.7 Å². The normalized spacial score (nSPS) is 15.5. The maximum Gasteiger partial charge on any atom is 0.223 e. The molecule has 1 fully saturated rings. The van der Waals surface area contributed by atoms with E-state index in [-0.39, 0.29) is 24.5 Å². The summed E-state index contributed by atoms with van der Waals surface area (Å²) in [6.45, 7) is 5.53. The number of nitrogens with zero attached hydrogens (tertiary/aromatic N) is 3. The largest absolute Gasteiger partial charge is 0.360 e. The summed E-state index contributed by atoms with van der Waals surface area (Å²) < 4.78 is 5.82. The number of rotatable bonds is 6. The van der Waals surface area contributed by atoms with Crippen LogP contribution in [0, 0.1) is 6.92 Å². The van der Waals surface area contributed by atoms with E-state index in [4.69, 9.17) is 16.1 Å². The van der Waals surface area contributed by atoms with Gasteiger partial charge in [0.1, 0.15) is 0 Å². The highest BCUT2D eigenvalue weighted by Gasteiger charge is 2.22. The first-order chi connectivity index (χ1) is 12.0. The molecule has 25 heavy (non-hydrogen) atoms. The maximum absolute atomic E-state index is 12.3. The van der Waals surface area contributed by atoms with Crippen molar-refractivity contribution in [1.29, 1.82) is 0 Å². The average molecular weight is 382 g/mol. The standard InChI is InChI=1S/C17H20ClN3O3S/c1-12-10-13(24-19-12)11-20-6-8-21(9-7-20)17(23)5-2-14(22)15-3-4-16(18)25-15/h3-4,10H,2,5-9,11H2,1H3. The van der Waals surface area contributed by atoms with E-state index in [1.54, 1.807) is 12.1 Å². The van der Waals surface area contributed by atoms with E-state index in [0.29, 0.717) is 28.8 Å². The number of carbonyl (C=O) groups excluding carboxylic acids is 2. The molecule has 8 heteroatoms. The summed E-state index contributed by atoms with van der Waals surface area (Å²) in [5, 5.41) is 3.89. The van der Waals surface area contributed by atoms with Crippen LogP contribution < -0.4 is 0 Å². The van der Waals surface area contributed by atoms with Crippen LogP contribution in [0.5, 0.6) is 0 Å². The second kappa shape index (κ2) is 8.12. The van der Waals surface area contributed by atoms with Crippen molar-refractivity contribution in [2.24, 2.45) is 0 Å². The van der Waals surface area contributed by atoms with E-state index < -0.39 is 0 Å². The van der Waals surface area contributed by atoms with Crippen molar-refractivity contribution in [3.63, 3.8) is 0 Å². The number of ketones is 1. The van der Waals surface area contributed by atoms with Crippen LogP contribution in [0.4, 0.5) is 0 Å². The smallest absolute Gasteiger partial charge is 0.223 e. The molecule has 6 nitrogen and oxygen atoms in total. The van der Waals surface area contributed by atoms with Crippen LogP contribution in [0.3, 0.4) is 0 Å². The number of amides is 1. The van der Waals surface area contributed by atoms with Gasteiger partial charge in [0.25, 0.3) is 0 Å². The molecule has 134 valence electrons. The number of thiophene rings is 1. The fourth-order valence-electron chi connectivity index (χ4n) is 2.83. The van der Waals surface area contributed by atoms with Gasteiger partial charge in [-0.15, -0.1) is 11.3 Å². The molecule has 0 spiro atoms. The Morgan fingerprint density at radius 3 is 2.60 bits per heavy atom. The number of piperazine rings is 1. The summed E-state index contributed by atoms with van der Waals surface area (Å²) in [6.07, 6.45) is 0.475. The van der Waals surface area contributed by atoms with Gasteiger partial charge in [-0.05, 0) is 19.1 Å². The Hall–Kier alpha value is -1.70. The Balaban J connectivity index is 1.41. The Morgan fingerprint density at radius 1 is 1.24 bits per heavy atom. The number of aryl methyl sites for hydroxylation is 1. The number of carbonyl (C=O) groups is 2. The van der Waals surface area contributed by atoms with Gasteiger partial charge in [0.2, 0.25) is 5.91 Å². The predicted molar refractivity (Wildman–Crippen MR) is 96.0 cm³/mol. The maximum atomic E-state index is 12.3. The SMILES string of the molecule is Cc1cc(CN2CCN(C(=O)CCC(=O)c3ccc(Cl)s3)CC2)on1. The highest BCUT2D eigenvalue weighted by atomic mass is 35.5. The van der Waals surface area contributed by atoms with Gasteiger partial charge in [0.15, 0.2) is 11.5 Å². The number of Topliss-reactive ketones (excluding diaryl/α,β-unsaturated/α-hetero) is 1. The Kier molecular flexibility index (Phi) is 5.88. The Bertz CT molecular complexity index is 750. The van der Waals surface area contributed by atoms with E-state index in [1.807, 2.05) is 17.9 Å². The average Bonchev–Trinajstić information content (AvgIpc) is 3.21. The highest BCUT2D eigenvalue weighted by molar-refractivity contribution is 7.18. The molecule has 3 rings (SSSR count). The third-order valence-electron chi connectivity index (χ3n) is 4.20. The molecular weight excluding hydrogens is 362 g/mol. The number of hydrogen-bond donors (Lipinski definition) is 0. The van der Waals surface area contributed by atoms with E-state index in [0.717, 1.165) is 24.5 Å². The molecule has 1 amide bonds. The van der Waals surface area contributed by atoms with Gasteiger partial charge < -0.3 is 9.42 Å². The first-order valence-electron chi connectivity index (χ1n) is 8.22. The lowest BCUT2D eigenvalue weighted by Crippen LogP contribution is -2.48. The van der Waals surface area contributed by atoms with Gasteiger partial charge in [0, 0.05) is 45.1 Å². The summed E-state index contributed by atoms with van der Waals surface area (Å²) in [5.74, 6) is 0.855. The van der Waals surface area contributed by atoms with E-state index in [9.17, 15) is 9.59 Å². The Labute approximate surface area is 155 Å². The zero-order valence-corrected chi connectivity index (χ0v) is 15.6. The first kappa shape index (κ1) is 18.1. The van der Waals surface area contributed by atoms with Crippen LogP contribution in [0.1, 0.15) is 34.0 Å². The monoisotopic (exact) mass is 381 g/mol. The molecule has 0 unspecified atom stereocenters. The minimum atomic E-state index is -0.0235. The highest BCUT2D eigenvalue weighted by Crippen LogP contribution is 2.23. The molecule has 0 aliphatic carbocycles. The molecule has 0 bridgehead atoms. The molecule has 1 aliphatic rings. The first-order valence-corrected chi connectivity index (χ1v) is 9.41. The minimum absolute atomic E-state index is 0.0235. The second-order valence-corrected chi connectivity index (χ2v) is 7.83.